The molecule has 0 saturated heterocycles. The third-order valence-corrected chi connectivity index (χ3v) is 3.25. The predicted molar refractivity (Wildman–Crippen MR) is 88.5 cm³/mol. The quantitative estimate of drug-likeness (QED) is 0.773. The number of amides is 1. The molecule has 116 valence electrons. The maximum absolute atomic E-state index is 11.6. The van der Waals surface area contributed by atoms with Crippen molar-refractivity contribution in [1.82, 2.24) is 0 Å². The smallest absolute Gasteiger partial charge is 0.240 e. The first-order valence-electron chi connectivity index (χ1n) is 7.42. The second-order valence-electron chi connectivity index (χ2n) is 5.27. The molecular weight excluding hydrogens is 276 g/mol. The van der Waals surface area contributed by atoms with Crippen LogP contribution in [-0.4, -0.2) is 18.6 Å². The lowest BCUT2D eigenvalue weighted by Gasteiger charge is -2.10. The number of benzene rings is 2. The zero-order valence-electron chi connectivity index (χ0n) is 12.8. The Morgan fingerprint density at radius 3 is 2.59 bits per heavy atom. The van der Waals surface area contributed by atoms with E-state index >= 15 is 0 Å². The molecule has 22 heavy (non-hydrogen) atoms. The van der Waals surface area contributed by atoms with E-state index in [1.54, 1.807) is 6.92 Å². The maximum atomic E-state index is 11.6. The molecule has 2 aromatic rings. The minimum Gasteiger partial charge on any atom is -0.376 e. The fourth-order valence-electron chi connectivity index (χ4n) is 2.02. The van der Waals surface area contributed by atoms with Crippen LogP contribution >= 0.6 is 0 Å². The van der Waals surface area contributed by atoms with Gasteiger partial charge in [0.05, 0.1) is 19.3 Å². The van der Waals surface area contributed by atoms with Crippen molar-refractivity contribution in [3.05, 3.63) is 65.7 Å². The van der Waals surface area contributed by atoms with Crippen molar-refractivity contribution in [3.63, 3.8) is 0 Å². The van der Waals surface area contributed by atoms with Gasteiger partial charge in [-0.3, -0.25) is 4.79 Å². The Hall–Kier alpha value is -2.17. The molecule has 2 aromatic carbocycles. The molecule has 3 N–H and O–H groups in total. The second-order valence-corrected chi connectivity index (χ2v) is 5.27. The van der Waals surface area contributed by atoms with Gasteiger partial charge in [0.25, 0.3) is 0 Å². The van der Waals surface area contributed by atoms with Crippen molar-refractivity contribution in [2.24, 2.45) is 5.73 Å². The van der Waals surface area contributed by atoms with E-state index in [4.69, 9.17) is 10.5 Å². The molecule has 0 aliphatic carbocycles. The van der Waals surface area contributed by atoms with Crippen LogP contribution in [0.3, 0.4) is 0 Å². The first-order valence-corrected chi connectivity index (χ1v) is 7.42. The first kappa shape index (κ1) is 16.2. The summed E-state index contributed by atoms with van der Waals surface area (Å²) in [6, 6.07) is 17.3. The van der Waals surface area contributed by atoms with Crippen LogP contribution in [0.25, 0.3) is 0 Å². The molecule has 0 aromatic heterocycles. The highest BCUT2D eigenvalue weighted by Gasteiger charge is 2.07. The van der Waals surface area contributed by atoms with Crippen LogP contribution in [0.4, 0.5) is 5.69 Å². The van der Waals surface area contributed by atoms with Gasteiger partial charge >= 0.3 is 0 Å². The summed E-state index contributed by atoms with van der Waals surface area (Å²) in [4.78, 5) is 11.6. The van der Waals surface area contributed by atoms with E-state index < -0.39 is 6.04 Å². The lowest BCUT2D eigenvalue weighted by atomic mass is 10.2. The lowest BCUT2D eigenvalue weighted by Crippen LogP contribution is -2.32. The van der Waals surface area contributed by atoms with E-state index in [-0.39, 0.29) is 5.91 Å². The molecule has 0 unspecified atom stereocenters. The van der Waals surface area contributed by atoms with Crippen LogP contribution in [0, 0.1) is 0 Å². The lowest BCUT2D eigenvalue weighted by molar-refractivity contribution is -0.117. The molecule has 0 heterocycles. The van der Waals surface area contributed by atoms with Gasteiger partial charge in [0.1, 0.15) is 0 Å². The molecule has 0 saturated carbocycles. The predicted octanol–water partition coefficient (Wildman–Crippen LogP) is 2.73. The topological polar surface area (TPSA) is 64.4 Å². The SMILES string of the molecule is C[C@@H](N)C(=O)Nc1cccc(COCCc2ccccc2)c1. The first-order chi connectivity index (χ1) is 10.6. The number of anilines is 1. The van der Waals surface area contributed by atoms with Crippen molar-refractivity contribution in [2.45, 2.75) is 26.0 Å². The fraction of sp³-hybridized carbons (Fsp3) is 0.278. The molecule has 4 nitrogen and oxygen atoms in total. The van der Waals surface area contributed by atoms with Crippen LogP contribution < -0.4 is 11.1 Å². The number of carbonyl (C=O) groups is 1. The molecule has 0 aliphatic rings. The standard InChI is InChI=1S/C18H22N2O2/c1-14(19)18(21)20-17-9-5-8-16(12-17)13-22-11-10-15-6-3-2-4-7-15/h2-9,12,14H,10-11,13,19H2,1H3,(H,20,21)/t14-/m1/s1. The van der Waals surface area contributed by atoms with Crippen molar-refractivity contribution in [1.29, 1.82) is 0 Å². The van der Waals surface area contributed by atoms with Crippen molar-refractivity contribution >= 4 is 11.6 Å². The van der Waals surface area contributed by atoms with Crippen LogP contribution in [0.2, 0.25) is 0 Å². The minimum atomic E-state index is -0.522. The molecule has 0 bridgehead atoms. The monoisotopic (exact) mass is 298 g/mol. The molecule has 1 atom stereocenters. The highest BCUT2D eigenvalue weighted by Crippen LogP contribution is 2.12. The zero-order valence-corrected chi connectivity index (χ0v) is 12.8. The second kappa shape index (κ2) is 8.32. The van der Waals surface area contributed by atoms with Gasteiger partial charge in [-0.1, -0.05) is 42.5 Å². The van der Waals surface area contributed by atoms with Crippen LogP contribution in [0.15, 0.2) is 54.6 Å². The highest BCUT2D eigenvalue weighted by molar-refractivity contribution is 5.94. The normalized spacial score (nSPS) is 11.9. The Kier molecular flexibility index (Phi) is 6.13. The van der Waals surface area contributed by atoms with Crippen LogP contribution in [-0.2, 0) is 22.6 Å². The molecule has 0 aliphatic heterocycles. The van der Waals surface area contributed by atoms with Crippen LogP contribution in [0.5, 0.6) is 0 Å². The molecule has 0 spiro atoms. The van der Waals surface area contributed by atoms with E-state index in [1.807, 2.05) is 42.5 Å². The van der Waals surface area contributed by atoms with Gasteiger partial charge in [0, 0.05) is 5.69 Å². The molecule has 0 fully saturated rings. The summed E-state index contributed by atoms with van der Waals surface area (Å²) in [7, 11) is 0. The van der Waals surface area contributed by atoms with Gasteiger partial charge in [0.2, 0.25) is 5.91 Å². The number of ether oxygens (including phenoxy) is 1. The summed E-state index contributed by atoms with van der Waals surface area (Å²) in [5, 5.41) is 2.78. The third kappa shape index (κ3) is 5.31. The van der Waals surface area contributed by atoms with E-state index in [1.165, 1.54) is 5.56 Å². The summed E-state index contributed by atoms with van der Waals surface area (Å²) < 4.78 is 5.69. The summed E-state index contributed by atoms with van der Waals surface area (Å²) in [6.07, 6.45) is 0.891. The summed E-state index contributed by atoms with van der Waals surface area (Å²) >= 11 is 0. The van der Waals surface area contributed by atoms with Gasteiger partial charge in [-0.05, 0) is 36.6 Å². The van der Waals surface area contributed by atoms with E-state index in [2.05, 4.69) is 17.4 Å². The van der Waals surface area contributed by atoms with Crippen molar-refractivity contribution < 1.29 is 9.53 Å². The van der Waals surface area contributed by atoms with Crippen molar-refractivity contribution in [3.8, 4) is 0 Å². The Morgan fingerprint density at radius 1 is 1.14 bits per heavy atom. The number of nitrogens with two attached hydrogens (primary N) is 1. The average Bonchev–Trinajstić information content (AvgIpc) is 2.53. The minimum absolute atomic E-state index is 0.192. The third-order valence-electron chi connectivity index (χ3n) is 3.25. The Labute approximate surface area is 131 Å². The number of rotatable bonds is 7. The maximum Gasteiger partial charge on any atom is 0.240 e. The van der Waals surface area contributed by atoms with Gasteiger partial charge in [-0.15, -0.1) is 0 Å². The number of nitrogens with one attached hydrogen (secondary N) is 1. The van der Waals surface area contributed by atoms with E-state index in [9.17, 15) is 4.79 Å². The Bertz CT molecular complexity index is 597. The van der Waals surface area contributed by atoms with Crippen LogP contribution in [0.1, 0.15) is 18.1 Å². The number of hydrogen-bond donors (Lipinski definition) is 2. The molecule has 0 radical (unpaired) electrons. The van der Waals surface area contributed by atoms with Gasteiger partial charge in [-0.25, -0.2) is 0 Å². The average molecular weight is 298 g/mol. The number of hydrogen-bond acceptors (Lipinski definition) is 3. The largest absolute Gasteiger partial charge is 0.376 e. The fourth-order valence-corrected chi connectivity index (χ4v) is 2.02. The molecular formula is C18H22N2O2. The zero-order chi connectivity index (χ0) is 15.8. The molecule has 2 rings (SSSR count). The highest BCUT2D eigenvalue weighted by atomic mass is 16.5. The van der Waals surface area contributed by atoms with E-state index in [0.717, 1.165) is 17.7 Å². The summed E-state index contributed by atoms with van der Waals surface area (Å²) in [6.45, 7) is 2.85. The number of carbonyl (C=O) groups excluding carboxylic acids is 1. The Morgan fingerprint density at radius 2 is 1.86 bits per heavy atom. The van der Waals surface area contributed by atoms with Crippen molar-refractivity contribution in [2.75, 3.05) is 11.9 Å². The molecule has 1 amide bonds. The molecule has 4 heteroatoms. The van der Waals surface area contributed by atoms with Gasteiger partial charge in [-0.2, -0.15) is 0 Å². The Balaban J connectivity index is 1.79. The summed E-state index contributed by atoms with van der Waals surface area (Å²) in [5.74, 6) is -0.192. The van der Waals surface area contributed by atoms with Gasteiger partial charge < -0.3 is 15.8 Å². The summed E-state index contributed by atoms with van der Waals surface area (Å²) in [5.41, 5.74) is 8.57. The van der Waals surface area contributed by atoms with Gasteiger partial charge in [0.15, 0.2) is 0 Å². The van der Waals surface area contributed by atoms with E-state index in [0.29, 0.717) is 13.2 Å².